The molecular formula is C19H27N3S. The molecule has 0 saturated carbocycles. The first-order chi connectivity index (χ1) is 11.4. The van der Waals surface area contributed by atoms with Gasteiger partial charge in [0.25, 0.3) is 0 Å². The van der Waals surface area contributed by atoms with E-state index in [-0.39, 0.29) is 0 Å². The molecule has 4 fully saturated rings. The van der Waals surface area contributed by atoms with Gasteiger partial charge in [0.2, 0.25) is 0 Å². The molecule has 1 aromatic rings. The summed E-state index contributed by atoms with van der Waals surface area (Å²) in [5.41, 5.74) is 0. The number of amidine groups is 1. The summed E-state index contributed by atoms with van der Waals surface area (Å²) in [6.07, 6.45) is 9.62. The van der Waals surface area contributed by atoms with Crippen molar-refractivity contribution in [2.45, 2.75) is 57.0 Å². The predicted molar refractivity (Wildman–Crippen MR) is 96.6 cm³/mol. The molecule has 0 N–H and O–H groups in total. The lowest BCUT2D eigenvalue weighted by Gasteiger charge is -2.59. The van der Waals surface area contributed by atoms with Crippen LogP contribution in [-0.4, -0.2) is 47.4 Å². The minimum atomic E-state index is 0.768. The van der Waals surface area contributed by atoms with Crippen molar-refractivity contribution >= 4 is 22.2 Å². The zero-order valence-electron chi connectivity index (χ0n) is 13.9. The van der Waals surface area contributed by atoms with E-state index in [2.05, 4.69) is 27.3 Å². The minimum absolute atomic E-state index is 0.768. The van der Waals surface area contributed by atoms with Gasteiger partial charge in [-0.05, 0) is 81.0 Å². The van der Waals surface area contributed by atoms with Gasteiger partial charge in [0.15, 0.2) is 0 Å². The summed E-state index contributed by atoms with van der Waals surface area (Å²) in [4.78, 5) is 10.7. The third-order valence-corrected chi connectivity index (χ3v) is 7.41. The molecule has 0 amide bonds. The van der Waals surface area contributed by atoms with Crippen molar-refractivity contribution in [3.8, 4) is 0 Å². The highest BCUT2D eigenvalue weighted by atomic mass is 32.1. The molecule has 4 saturated heterocycles. The number of thiophene rings is 1. The summed E-state index contributed by atoms with van der Waals surface area (Å²) in [6, 6.07) is 5.94. The number of nitrogens with zero attached hydrogens (tertiary/aromatic N) is 3. The molecule has 3 nitrogen and oxygen atoms in total. The molecule has 124 valence electrons. The van der Waals surface area contributed by atoms with Crippen molar-refractivity contribution in [1.29, 1.82) is 0 Å². The predicted octanol–water partition coefficient (Wildman–Crippen LogP) is 4.14. The summed E-state index contributed by atoms with van der Waals surface area (Å²) in [5.74, 6) is 3.18. The summed E-state index contributed by atoms with van der Waals surface area (Å²) < 4.78 is 0. The highest BCUT2D eigenvalue weighted by Crippen LogP contribution is 2.45. The first-order valence-electron chi connectivity index (χ1n) is 9.52. The van der Waals surface area contributed by atoms with Crippen LogP contribution in [0.2, 0.25) is 0 Å². The standard InChI is InChI=1S/C19H27N3S/c1-7-16-15-6-3-11-21-10-2-5-14(19(15)21)13-22(16)17(8-1)20-18-9-4-12-23-18/h4,9,12,14-16,19H,1-3,5-8,10-11,13H2/t14-,15-,16-,19+/m1/s1. The first-order valence-corrected chi connectivity index (χ1v) is 10.4. The molecule has 0 aliphatic carbocycles. The van der Waals surface area contributed by atoms with Gasteiger partial charge in [-0.15, -0.1) is 11.3 Å². The average molecular weight is 330 g/mol. The van der Waals surface area contributed by atoms with Crippen molar-refractivity contribution in [1.82, 2.24) is 9.80 Å². The zero-order valence-corrected chi connectivity index (χ0v) is 14.7. The van der Waals surface area contributed by atoms with Crippen molar-refractivity contribution in [2.24, 2.45) is 16.8 Å². The maximum absolute atomic E-state index is 5.05. The van der Waals surface area contributed by atoms with E-state index in [9.17, 15) is 0 Å². The van der Waals surface area contributed by atoms with Crippen LogP contribution >= 0.6 is 11.3 Å². The van der Waals surface area contributed by atoms with Gasteiger partial charge in [-0.1, -0.05) is 0 Å². The molecule has 0 unspecified atom stereocenters. The van der Waals surface area contributed by atoms with Gasteiger partial charge < -0.3 is 4.90 Å². The van der Waals surface area contributed by atoms with Crippen LogP contribution in [0.1, 0.15) is 44.9 Å². The zero-order chi connectivity index (χ0) is 15.2. The Morgan fingerprint density at radius 1 is 1.09 bits per heavy atom. The fraction of sp³-hybridized carbons (Fsp3) is 0.737. The van der Waals surface area contributed by atoms with Crippen LogP contribution in [-0.2, 0) is 0 Å². The number of rotatable bonds is 1. The Bertz CT molecular complexity index is 579. The van der Waals surface area contributed by atoms with Gasteiger partial charge in [-0.2, -0.15) is 0 Å². The van der Waals surface area contributed by atoms with Gasteiger partial charge in [0.05, 0.1) is 0 Å². The molecular weight excluding hydrogens is 302 g/mol. The van der Waals surface area contributed by atoms with E-state index >= 15 is 0 Å². The average Bonchev–Trinajstić information content (AvgIpc) is 3.09. The fourth-order valence-electron chi connectivity index (χ4n) is 5.86. The topological polar surface area (TPSA) is 18.8 Å². The summed E-state index contributed by atoms with van der Waals surface area (Å²) in [5, 5.41) is 3.34. The molecule has 4 aliphatic rings. The van der Waals surface area contributed by atoms with E-state index < -0.39 is 0 Å². The Kier molecular flexibility index (Phi) is 3.71. The van der Waals surface area contributed by atoms with E-state index in [1.165, 1.54) is 75.4 Å². The summed E-state index contributed by atoms with van der Waals surface area (Å²) >= 11 is 1.77. The minimum Gasteiger partial charge on any atom is -0.356 e. The second-order valence-corrected chi connectivity index (χ2v) is 8.75. The highest BCUT2D eigenvalue weighted by molar-refractivity contribution is 7.13. The lowest BCUT2D eigenvalue weighted by Crippen LogP contribution is -2.66. The van der Waals surface area contributed by atoms with Crippen molar-refractivity contribution in [2.75, 3.05) is 19.6 Å². The third-order valence-electron chi connectivity index (χ3n) is 6.65. The molecule has 1 aromatic heterocycles. The normalized spacial score (nSPS) is 39.1. The smallest absolute Gasteiger partial charge is 0.118 e. The molecule has 4 heteroatoms. The maximum Gasteiger partial charge on any atom is 0.118 e. The van der Waals surface area contributed by atoms with E-state index in [4.69, 9.17) is 4.99 Å². The van der Waals surface area contributed by atoms with Crippen molar-refractivity contribution < 1.29 is 0 Å². The number of hydrogen-bond acceptors (Lipinski definition) is 3. The lowest BCUT2D eigenvalue weighted by atomic mass is 9.68. The molecule has 0 aromatic carbocycles. The number of aliphatic imine (C=N–C) groups is 1. The van der Waals surface area contributed by atoms with Crippen LogP contribution in [0.3, 0.4) is 0 Å². The Hall–Kier alpha value is -0.870. The molecule has 0 bridgehead atoms. The van der Waals surface area contributed by atoms with E-state index in [0.717, 1.165) is 23.9 Å². The molecule has 5 heterocycles. The van der Waals surface area contributed by atoms with Crippen LogP contribution in [0.15, 0.2) is 22.5 Å². The summed E-state index contributed by atoms with van der Waals surface area (Å²) in [6.45, 7) is 3.99. The lowest BCUT2D eigenvalue weighted by molar-refractivity contribution is -0.0604. The molecule has 5 rings (SSSR count). The summed E-state index contributed by atoms with van der Waals surface area (Å²) in [7, 11) is 0. The quantitative estimate of drug-likeness (QED) is 0.771. The van der Waals surface area contributed by atoms with Gasteiger partial charge >= 0.3 is 0 Å². The Morgan fingerprint density at radius 3 is 2.87 bits per heavy atom. The Morgan fingerprint density at radius 2 is 2.00 bits per heavy atom. The number of hydrogen-bond donors (Lipinski definition) is 0. The van der Waals surface area contributed by atoms with Crippen LogP contribution in [0.5, 0.6) is 0 Å². The van der Waals surface area contributed by atoms with Crippen molar-refractivity contribution in [3.05, 3.63) is 17.5 Å². The van der Waals surface area contributed by atoms with Gasteiger partial charge in [-0.3, -0.25) is 4.90 Å². The van der Waals surface area contributed by atoms with Crippen molar-refractivity contribution in [3.63, 3.8) is 0 Å². The number of piperidine rings is 4. The van der Waals surface area contributed by atoms with Gasteiger partial charge in [-0.25, -0.2) is 4.99 Å². The van der Waals surface area contributed by atoms with E-state index in [1.54, 1.807) is 11.3 Å². The molecule has 23 heavy (non-hydrogen) atoms. The van der Waals surface area contributed by atoms with Crippen LogP contribution in [0.25, 0.3) is 0 Å². The van der Waals surface area contributed by atoms with Gasteiger partial charge in [0.1, 0.15) is 10.8 Å². The second kappa shape index (κ2) is 5.89. The Balaban J connectivity index is 1.47. The molecule has 0 radical (unpaired) electrons. The fourth-order valence-corrected chi connectivity index (χ4v) is 6.47. The second-order valence-electron chi connectivity index (χ2n) is 7.83. The molecule has 0 spiro atoms. The third kappa shape index (κ3) is 2.45. The van der Waals surface area contributed by atoms with Crippen LogP contribution in [0, 0.1) is 11.8 Å². The van der Waals surface area contributed by atoms with Crippen LogP contribution < -0.4 is 0 Å². The monoisotopic (exact) mass is 329 g/mol. The molecule has 4 atom stereocenters. The van der Waals surface area contributed by atoms with E-state index in [1.807, 2.05) is 0 Å². The maximum atomic E-state index is 5.05. The largest absolute Gasteiger partial charge is 0.356 e. The molecule has 4 aliphatic heterocycles. The Labute approximate surface area is 143 Å². The SMILES string of the molecule is c1csc(N=C2CCC[C@@H]3[C@H]4CCCN5CCC[C@H](CN23)[C@@H]45)c1. The van der Waals surface area contributed by atoms with Gasteiger partial charge in [0, 0.05) is 25.0 Å². The first kappa shape index (κ1) is 14.5. The van der Waals surface area contributed by atoms with Crippen LogP contribution in [0.4, 0.5) is 5.00 Å². The highest BCUT2D eigenvalue weighted by Gasteiger charge is 2.49. The number of fused-ring (bicyclic) bond motifs is 2. The van der Waals surface area contributed by atoms with E-state index in [0.29, 0.717) is 0 Å².